The molecule has 0 aliphatic rings. The molecule has 0 radical (unpaired) electrons. The van der Waals surface area contributed by atoms with Crippen molar-refractivity contribution in [1.82, 2.24) is 14.2 Å². The number of anilines is 1. The molecule has 3 rings (SSSR count). The molecule has 3 aromatic rings. The van der Waals surface area contributed by atoms with Crippen molar-refractivity contribution in [3.8, 4) is 5.75 Å². The summed E-state index contributed by atoms with van der Waals surface area (Å²) in [6.07, 6.45) is 3.47. The highest BCUT2D eigenvalue weighted by molar-refractivity contribution is 7.89. The lowest BCUT2D eigenvalue weighted by molar-refractivity contribution is 0.0985. The van der Waals surface area contributed by atoms with E-state index in [0.29, 0.717) is 42.6 Å². The van der Waals surface area contributed by atoms with E-state index in [4.69, 9.17) is 9.72 Å². The highest BCUT2D eigenvalue weighted by atomic mass is 32.2. The summed E-state index contributed by atoms with van der Waals surface area (Å²) in [5.41, 5.74) is 1.19. The average Bonchev–Trinajstić information content (AvgIpc) is 3.31. The second-order valence-corrected chi connectivity index (χ2v) is 12.2. The molecule has 0 N–H and O–H groups in total. The van der Waals surface area contributed by atoms with Gasteiger partial charge in [-0.2, -0.15) is 4.31 Å². The first-order chi connectivity index (χ1) is 17.7. The van der Waals surface area contributed by atoms with E-state index >= 15 is 0 Å². The number of fused-ring (bicyclic) bond motifs is 1. The molecule has 202 valence electrons. The lowest BCUT2D eigenvalue weighted by Crippen LogP contribution is -2.37. The summed E-state index contributed by atoms with van der Waals surface area (Å²) in [6.45, 7) is 6.20. The molecule has 0 unspecified atom stereocenters. The fourth-order valence-corrected chi connectivity index (χ4v) is 6.30. The molecule has 8 nitrogen and oxygen atoms in total. The number of amides is 1. The van der Waals surface area contributed by atoms with Crippen LogP contribution in [0.4, 0.5) is 5.13 Å². The first-order valence-corrected chi connectivity index (χ1v) is 15.0. The van der Waals surface area contributed by atoms with E-state index in [2.05, 4.69) is 13.8 Å². The maximum absolute atomic E-state index is 13.6. The van der Waals surface area contributed by atoms with Crippen LogP contribution in [0.15, 0.2) is 47.4 Å². The van der Waals surface area contributed by atoms with Crippen molar-refractivity contribution < 1.29 is 17.9 Å². The molecule has 1 heterocycles. The van der Waals surface area contributed by atoms with Crippen molar-refractivity contribution in [1.29, 1.82) is 0 Å². The Labute approximate surface area is 224 Å². The van der Waals surface area contributed by atoms with Crippen LogP contribution < -0.4 is 9.64 Å². The van der Waals surface area contributed by atoms with Crippen molar-refractivity contribution in [2.24, 2.45) is 0 Å². The molecule has 0 atom stereocenters. The van der Waals surface area contributed by atoms with Gasteiger partial charge in [0.05, 0.1) is 22.2 Å². The third-order valence-electron chi connectivity index (χ3n) is 6.09. The summed E-state index contributed by atoms with van der Waals surface area (Å²) >= 11 is 1.44. The van der Waals surface area contributed by atoms with Gasteiger partial charge in [-0.15, -0.1) is 0 Å². The monoisotopic (exact) mass is 546 g/mol. The van der Waals surface area contributed by atoms with E-state index in [9.17, 15) is 13.2 Å². The molecule has 0 aliphatic carbocycles. The van der Waals surface area contributed by atoms with E-state index in [-0.39, 0.29) is 10.8 Å². The number of unbranched alkanes of at least 4 members (excludes halogenated alkanes) is 2. The summed E-state index contributed by atoms with van der Waals surface area (Å²) in [5, 5.41) is 0.595. The predicted octanol–water partition coefficient (Wildman–Crippen LogP) is 5.10. The van der Waals surface area contributed by atoms with Crippen LogP contribution in [0.5, 0.6) is 5.75 Å². The van der Waals surface area contributed by atoms with Crippen LogP contribution in [0.2, 0.25) is 0 Å². The molecule has 37 heavy (non-hydrogen) atoms. The van der Waals surface area contributed by atoms with Crippen molar-refractivity contribution in [2.75, 3.05) is 52.3 Å². The van der Waals surface area contributed by atoms with Crippen LogP contribution in [0, 0.1) is 0 Å². The van der Waals surface area contributed by atoms with Crippen LogP contribution in [0.25, 0.3) is 10.2 Å². The number of carbonyl (C=O) groups excluding carboxylic acids is 1. The number of aromatic nitrogens is 1. The minimum atomic E-state index is -3.63. The van der Waals surface area contributed by atoms with Crippen LogP contribution >= 0.6 is 11.3 Å². The first kappa shape index (κ1) is 29.0. The first-order valence-electron chi connectivity index (χ1n) is 12.7. The SMILES string of the molecule is CCCCN(CCCC)S(=O)(=O)c1ccc(C(=O)N(CCN(C)C)c2nc3cc(OC)ccc3s2)cc1. The minimum Gasteiger partial charge on any atom is -0.497 e. The maximum Gasteiger partial charge on any atom is 0.260 e. The fourth-order valence-electron chi connectivity index (χ4n) is 3.82. The van der Waals surface area contributed by atoms with Crippen LogP contribution in [0.3, 0.4) is 0 Å². The molecular weight excluding hydrogens is 508 g/mol. The summed E-state index contributed by atoms with van der Waals surface area (Å²) in [7, 11) is 1.89. The molecule has 0 bridgehead atoms. The summed E-state index contributed by atoms with van der Waals surface area (Å²) < 4.78 is 34.5. The van der Waals surface area contributed by atoms with Gasteiger partial charge in [-0.1, -0.05) is 38.0 Å². The topological polar surface area (TPSA) is 83.1 Å². The Hall–Kier alpha value is -2.53. The normalized spacial score (nSPS) is 12.0. The number of benzene rings is 2. The third kappa shape index (κ3) is 7.28. The van der Waals surface area contributed by atoms with Gasteiger partial charge in [-0.25, -0.2) is 13.4 Å². The highest BCUT2D eigenvalue weighted by Crippen LogP contribution is 2.32. The molecule has 0 aliphatic heterocycles. The van der Waals surface area contributed by atoms with Gasteiger partial charge in [-0.05, 0) is 63.3 Å². The molecule has 1 amide bonds. The summed E-state index contributed by atoms with van der Waals surface area (Å²) in [6, 6.07) is 12.0. The molecule has 0 fully saturated rings. The minimum absolute atomic E-state index is 0.211. The van der Waals surface area contributed by atoms with Crippen molar-refractivity contribution in [2.45, 2.75) is 44.4 Å². The van der Waals surface area contributed by atoms with E-state index in [1.165, 1.54) is 11.3 Å². The van der Waals surface area contributed by atoms with Gasteiger partial charge < -0.3 is 9.64 Å². The second kappa shape index (κ2) is 13.3. The van der Waals surface area contributed by atoms with E-state index in [1.807, 2.05) is 37.2 Å². The number of methoxy groups -OCH3 is 1. The van der Waals surface area contributed by atoms with Crippen LogP contribution in [-0.2, 0) is 10.0 Å². The molecule has 0 spiro atoms. The maximum atomic E-state index is 13.6. The number of rotatable bonds is 14. The Morgan fingerprint density at radius 2 is 1.59 bits per heavy atom. The second-order valence-electron chi connectivity index (χ2n) is 9.23. The largest absolute Gasteiger partial charge is 0.497 e. The standard InChI is InChI=1S/C27H38N4O4S2/c1-6-8-16-30(17-9-7-2)37(33,34)23-13-10-21(11-14-23)26(32)31(19-18-29(3)4)27-28-24-20-22(35-5)12-15-25(24)36-27/h10-15,20H,6-9,16-19H2,1-5H3. The third-order valence-corrected chi connectivity index (χ3v) is 9.06. The van der Waals surface area contributed by atoms with Gasteiger partial charge in [0.1, 0.15) is 5.75 Å². The molecule has 2 aromatic carbocycles. The van der Waals surface area contributed by atoms with Gasteiger partial charge in [0.2, 0.25) is 10.0 Å². The Bertz CT molecular complexity index is 1270. The number of sulfonamides is 1. The molecule has 1 aromatic heterocycles. The molecule has 0 saturated heterocycles. The van der Waals surface area contributed by atoms with Crippen LogP contribution in [-0.4, -0.2) is 75.9 Å². The Kier molecular flexibility index (Phi) is 10.5. The lowest BCUT2D eigenvalue weighted by atomic mass is 10.2. The number of likely N-dealkylation sites (N-methyl/N-ethyl adjacent to an activating group) is 1. The lowest BCUT2D eigenvalue weighted by Gasteiger charge is -2.23. The number of thiazole rings is 1. The number of hydrogen-bond donors (Lipinski definition) is 0. The van der Waals surface area contributed by atoms with Gasteiger partial charge >= 0.3 is 0 Å². The fraction of sp³-hybridized carbons (Fsp3) is 0.481. The molecule has 10 heteroatoms. The molecule has 0 saturated carbocycles. The highest BCUT2D eigenvalue weighted by Gasteiger charge is 2.26. The van der Waals surface area contributed by atoms with Gasteiger partial charge in [-0.3, -0.25) is 9.69 Å². The average molecular weight is 547 g/mol. The van der Waals surface area contributed by atoms with Gasteiger partial charge in [0, 0.05) is 37.8 Å². The summed E-state index contributed by atoms with van der Waals surface area (Å²) in [4.78, 5) is 22.2. The number of ether oxygens (including phenoxy) is 1. The van der Waals surface area contributed by atoms with Crippen molar-refractivity contribution >= 4 is 42.6 Å². The molecular formula is C27H38N4O4S2. The van der Waals surface area contributed by atoms with E-state index in [0.717, 1.165) is 35.9 Å². The quantitative estimate of drug-likeness (QED) is 0.280. The Balaban J connectivity index is 1.89. The van der Waals surface area contributed by atoms with Gasteiger partial charge in [0.15, 0.2) is 5.13 Å². The number of hydrogen-bond acceptors (Lipinski definition) is 7. The number of nitrogens with zero attached hydrogens (tertiary/aromatic N) is 4. The van der Waals surface area contributed by atoms with Gasteiger partial charge in [0.25, 0.3) is 5.91 Å². The van der Waals surface area contributed by atoms with E-state index < -0.39 is 10.0 Å². The summed E-state index contributed by atoms with van der Waals surface area (Å²) in [5.74, 6) is 0.491. The van der Waals surface area contributed by atoms with Crippen molar-refractivity contribution in [3.05, 3.63) is 48.0 Å². The Morgan fingerprint density at radius 1 is 0.946 bits per heavy atom. The zero-order valence-corrected chi connectivity index (χ0v) is 24.1. The Morgan fingerprint density at radius 3 is 2.16 bits per heavy atom. The zero-order chi connectivity index (χ0) is 27.0. The number of carbonyl (C=O) groups is 1. The van der Waals surface area contributed by atoms with Crippen LogP contribution in [0.1, 0.15) is 49.9 Å². The zero-order valence-electron chi connectivity index (χ0n) is 22.4. The predicted molar refractivity (Wildman–Crippen MR) is 151 cm³/mol. The van der Waals surface area contributed by atoms with E-state index in [1.54, 1.807) is 40.6 Å². The van der Waals surface area contributed by atoms with Crippen molar-refractivity contribution in [3.63, 3.8) is 0 Å². The smallest absolute Gasteiger partial charge is 0.260 e.